The van der Waals surface area contributed by atoms with Crippen LogP contribution in [0, 0.1) is 16.7 Å². The fourth-order valence-electron chi connectivity index (χ4n) is 2.72. The van der Waals surface area contributed by atoms with Gasteiger partial charge in [-0.15, -0.1) is 0 Å². The van der Waals surface area contributed by atoms with Gasteiger partial charge in [-0.05, 0) is 12.8 Å². The number of hydrogen-bond donors (Lipinski definition) is 2. The van der Waals surface area contributed by atoms with E-state index in [-0.39, 0.29) is 23.4 Å². The van der Waals surface area contributed by atoms with Gasteiger partial charge in [-0.1, -0.05) is 12.8 Å². The highest BCUT2D eigenvalue weighted by Gasteiger charge is 2.34. The number of nitrogen functional groups attached to an aromatic ring is 1. The van der Waals surface area contributed by atoms with Crippen LogP contribution in [0.5, 0.6) is 0 Å². The maximum Gasteiger partial charge on any atom is 0.227 e. The van der Waals surface area contributed by atoms with Gasteiger partial charge in [-0.3, -0.25) is 0 Å². The van der Waals surface area contributed by atoms with Crippen molar-refractivity contribution in [3.05, 3.63) is 11.8 Å². The molecule has 0 unspecified atom stereocenters. The summed E-state index contributed by atoms with van der Waals surface area (Å²) in [5.41, 5.74) is 5.93. The topological polar surface area (TPSA) is 99.1 Å². The van der Waals surface area contributed by atoms with E-state index >= 15 is 0 Å². The van der Waals surface area contributed by atoms with Crippen molar-refractivity contribution >= 4 is 11.8 Å². The highest BCUT2D eigenvalue weighted by atomic mass is 16.3. The summed E-state index contributed by atoms with van der Waals surface area (Å²) in [6, 6.07) is 1.94. The number of aliphatic hydroxyl groups is 1. The van der Waals surface area contributed by atoms with Gasteiger partial charge < -0.3 is 15.7 Å². The molecule has 0 aliphatic heterocycles. The highest BCUT2D eigenvalue weighted by Crippen LogP contribution is 2.38. The van der Waals surface area contributed by atoms with Gasteiger partial charge in [0.1, 0.15) is 17.5 Å². The second-order valence-corrected chi connectivity index (χ2v) is 5.30. The predicted molar refractivity (Wildman–Crippen MR) is 72.4 cm³/mol. The first-order valence-corrected chi connectivity index (χ1v) is 6.45. The van der Waals surface area contributed by atoms with Crippen LogP contribution in [-0.4, -0.2) is 35.3 Å². The van der Waals surface area contributed by atoms with Gasteiger partial charge in [0.2, 0.25) is 5.95 Å². The number of aromatic nitrogens is 2. The van der Waals surface area contributed by atoms with Crippen LogP contribution in [0.1, 0.15) is 31.2 Å². The molecule has 1 heterocycles. The molecule has 1 aliphatic rings. The van der Waals surface area contributed by atoms with Crippen molar-refractivity contribution in [2.24, 2.45) is 5.41 Å². The van der Waals surface area contributed by atoms with E-state index in [2.05, 4.69) is 9.97 Å². The summed E-state index contributed by atoms with van der Waals surface area (Å²) in [6.45, 7) is 0.887. The molecule has 0 saturated heterocycles. The van der Waals surface area contributed by atoms with Crippen molar-refractivity contribution in [1.29, 1.82) is 5.26 Å². The van der Waals surface area contributed by atoms with Crippen LogP contribution in [0.25, 0.3) is 0 Å². The zero-order valence-electron chi connectivity index (χ0n) is 11.1. The Morgan fingerprint density at radius 1 is 1.53 bits per heavy atom. The van der Waals surface area contributed by atoms with Crippen LogP contribution in [0.15, 0.2) is 6.20 Å². The monoisotopic (exact) mass is 261 g/mol. The van der Waals surface area contributed by atoms with Crippen molar-refractivity contribution in [3.8, 4) is 6.07 Å². The normalized spacial score (nSPS) is 17.1. The molecular formula is C13H19N5O. The number of rotatable bonds is 4. The summed E-state index contributed by atoms with van der Waals surface area (Å²) in [5.74, 6) is 0.694. The fraction of sp³-hybridized carbons (Fsp3) is 0.615. The Bertz CT molecular complexity index is 490. The molecule has 0 bridgehead atoms. The van der Waals surface area contributed by atoms with E-state index in [9.17, 15) is 5.11 Å². The standard InChI is InChI=1S/C13H19N5O/c1-18(8-13(9-19)4-2-3-5-13)12-16-7-10(6-14)11(15)17-12/h7,19H,2-5,8-9H2,1H3,(H2,15,16,17). The zero-order valence-corrected chi connectivity index (χ0v) is 11.1. The Hall–Kier alpha value is -1.87. The molecule has 0 radical (unpaired) electrons. The van der Waals surface area contributed by atoms with Gasteiger partial charge >= 0.3 is 0 Å². The number of nitrogens with two attached hydrogens (primary N) is 1. The molecule has 1 aliphatic carbocycles. The van der Waals surface area contributed by atoms with Gasteiger partial charge in [0.25, 0.3) is 0 Å². The molecule has 6 heteroatoms. The van der Waals surface area contributed by atoms with E-state index < -0.39 is 0 Å². The van der Waals surface area contributed by atoms with Gasteiger partial charge in [-0.25, -0.2) is 4.98 Å². The zero-order chi connectivity index (χ0) is 13.9. The molecular weight excluding hydrogens is 242 g/mol. The van der Waals surface area contributed by atoms with Crippen molar-refractivity contribution in [1.82, 2.24) is 9.97 Å². The van der Waals surface area contributed by atoms with Crippen molar-refractivity contribution in [3.63, 3.8) is 0 Å². The van der Waals surface area contributed by atoms with E-state index in [1.165, 1.54) is 6.20 Å². The number of nitrogens with zero attached hydrogens (tertiary/aromatic N) is 4. The van der Waals surface area contributed by atoms with Gasteiger partial charge in [0, 0.05) is 19.0 Å². The van der Waals surface area contributed by atoms with Crippen molar-refractivity contribution in [2.45, 2.75) is 25.7 Å². The average molecular weight is 261 g/mol. The predicted octanol–water partition coefficient (Wildman–Crippen LogP) is 0.919. The average Bonchev–Trinajstić information content (AvgIpc) is 2.87. The molecule has 2 rings (SSSR count). The largest absolute Gasteiger partial charge is 0.396 e. The minimum atomic E-state index is -0.0548. The quantitative estimate of drug-likeness (QED) is 0.836. The highest BCUT2D eigenvalue weighted by molar-refractivity contribution is 5.50. The van der Waals surface area contributed by atoms with Gasteiger partial charge in [0.05, 0.1) is 12.8 Å². The second kappa shape index (κ2) is 5.41. The number of nitriles is 1. The van der Waals surface area contributed by atoms with E-state index in [1.54, 1.807) is 0 Å². The maximum atomic E-state index is 9.61. The minimum absolute atomic E-state index is 0.0548. The Balaban J connectivity index is 2.13. The maximum absolute atomic E-state index is 9.61. The molecule has 0 aromatic carbocycles. The Kier molecular flexibility index (Phi) is 3.86. The molecule has 1 fully saturated rings. The molecule has 19 heavy (non-hydrogen) atoms. The van der Waals surface area contributed by atoms with Crippen LogP contribution in [0.4, 0.5) is 11.8 Å². The first kappa shape index (κ1) is 13.6. The molecule has 0 spiro atoms. The van der Waals surface area contributed by atoms with Crippen LogP contribution in [-0.2, 0) is 0 Å². The first-order valence-electron chi connectivity index (χ1n) is 6.45. The Morgan fingerprint density at radius 3 is 2.74 bits per heavy atom. The van der Waals surface area contributed by atoms with E-state index in [4.69, 9.17) is 11.0 Å². The Morgan fingerprint density at radius 2 is 2.21 bits per heavy atom. The lowest BCUT2D eigenvalue weighted by molar-refractivity contribution is 0.136. The molecule has 0 atom stereocenters. The molecule has 1 saturated carbocycles. The second-order valence-electron chi connectivity index (χ2n) is 5.30. The lowest BCUT2D eigenvalue weighted by Crippen LogP contribution is -2.37. The van der Waals surface area contributed by atoms with Crippen LogP contribution >= 0.6 is 0 Å². The number of hydrogen-bond acceptors (Lipinski definition) is 6. The lowest BCUT2D eigenvalue weighted by Gasteiger charge is -2.31. The summed E-state index contributed by atoms with van der Waals surface area (Å²) in [6.07, 6.45) is 5.81. The summed E-state index contributed by atoms with van der Waals surface area (Å²) in [7, 11) is 1.89. The van der Waals surface area contributed by atoms with E-state index in [0.717, 1.165) is 25.7 Å². The molecule has 3 N–H and O–H groups in total. The van der Waals surface area contributed by atoms with Crippen LogP contribution in [0.2, 0.25) is 0 Å². The van der Waals surface area contributed by atoms with Crippen LogP contribution in [0.3, 0.4) is 0 Å². The van der Waals surface area contributed by atoms with E-state index in [0.29, 0.717) is 12.5 Å². The Labute approximate surface area is 112 Å². The summed E-state index contributed by atoms with van der Waals surface area (Å²) < 4.78 is 0. The fourth-order valence-corrected chi connectivity index (χ4v) is 2.72. The van der Waals surface area contributed by atoms with Gasteiger partial charge in [0.15, 0.2) is 0 Å². The number of aliphatic hydroxyl groups excluding tert-OH is 1. The van der Waals surface area contributed by atoms with Crippen molar-refractivity contribution in [2.75, 3.05) is 30.8 Å². The van der Waals surface area contributed by atoms with Gasteiger partial charge in [-0.2, -0.15) is 10.2 Å². The summed E-state index contributed by atoms with van der Waals surface area (Å²) >= 11 is 0. The molecule has 1 aromatic rings. The summed E-state index contributed by atoms with van der Waals surface area (Å²) in [5, 5.41) is 18.4. The smallest absolute Gasteiger partial charge is 0.227 e. The lowest BCUT2D eigenvalue weighted by atomic mass is 9.87. The third-order valence-corrected chi connectivity index (χ3v) is 3.84. The third kappa shape index (κ3) is 2.76. The molecule has 0 amide bonds. The molecule has 6 nitrogen and oxygen atoms in total. The molecule has 102 valence electrons. The van der Waals surface area contributed by atoms with Crippen molar-refractivity contribution < 1.29 is 5.11 Å². The summed E-state index contributed by atoms with van der Waals surface area (Å²) in [4.78, 5) is 10.2. The third-order valence-electron chi connectivity index (χ3n) is 3.84. The molecule has 1 aromatic heterocycles. The number of anilines is 2. The SMILES string of the molecule is CN(CC1(CO)CCCC1)c1ncc(C#N)c(N)n1. The first-order chi connectivity index (χ1) is 9.10. The van der Waals surface area contributed by atoms with E-state index in [1.807, 2.05) is 18.0 Å². The minimum Gasteiger partial charge on any atom is -0.396 e. The van der Waals surface area contributed by atoms with Crippen LogP contribution < -0.4 is 10.6 Å².